The molecule has 2 N–H and O–H groups in total. The summed E-state index contributed by atoms with van der Waals surface area (Å²) in [6.45, 7) is 6.38. The van der Waals surface area contributed by atoms with Crippen LogP contribution in [0.4, 0.5) is 0 Å². The van der Waals surface area contributed by atoms with Gasteiger partial charge in [0.15, 0.2) is 0 Å². The van der Waals surface area contributed by atoms with Crippen LogP contribution in [0.3, 0.4) is 0 Å². The predicted molar refractivity (Wildman–Crippen MR) is 54.7 cm³/mol. The van der Waals surface area contributed by atoms with Crippen LogP contribution in [-0.4, -0.2) is 15.8 Å². The lowest BCUT2D eigenvalue weighted by Gasteiger charge is -2.06. The average Bonchev–Trinajstić information content (AvgIpc) is 2.29. The lowest BCUT2D eigenvalue weighted by atomic mass is 10.0. The van der Waals surface area contributed by atoms with E-state index < -0.39 is 0 Å². The van der Waals surface area contributed by atoms with Crippen molar-refractivity contribution in [3.63, 3.8) is 0 Å². The van der Waals surface area contributed by atoms with Crippen molar-refractivity contribution in [2.24, 2.45) is 12.8 Å². The van der Waals surface area contributed by atoms with E-state index in [1.165, 1.54) is 5.56 Å². The van der Waals surface area contributed by atoms with Gasteiger partial charge < -0.3 is 5.73 Å². The monoisotopic (exact) mass is 181 g/mol. The van der Waals surface area contributed by atoms with Gasteiger partial charge in [-0.2, -0.15) is 5.10 Å². The molecule has 0 spiro atoms. The third-order valence-corrected chi connectivity index (χ3v) is 2.07. The molecule has 3 heteroatoms. The molecule has 1 atom stereocenters. The molecule has 0 saturated heterocycles. The fourth-order valence-corrected chi connectivity index (χ4v) is 1.50. The Morgan fingerprint density at radius 1 is 1.46 bits per heavy atom. The third-order valence-electron chi connectivity index (χ3n) is 2.07. The van der Waals surface area contributed by atoms with E-state index in [1.807, 2.05) is 18.7 Å². The zero-order valence-corrected chi connectivity index (χ0v) is 8.91. The van der Waals surface area contributed by atoms with Crippen molar-refractivity contribution >= 4 is 0 Å². The minimum atomic E-state index is 0.187. The smallest absolute Gasteiger partial charge is 0.0674 e. The highest BCUT2D eigenvalue weighted by Crippen LogP contribution is 2.18. The number of nitrogens with two attached hydrogens (primary N) is 1. The van der Waals surface area contributed by atoms with Crippen molar-refractivity contribution in [3.8, 4) is 0 Å². The summed E-state index contributed by atoms with van der Waals surface area (Å²) in [5.74, 6) is 0.530. The van der Waals surface area contributed by atoms with Gasteiger partial charge >= 0.3 is 0 Å². The van der Waals surface area contributed by atoms with Gasteiger partial charge in [0.2, 0.25) is 0 Å². The van der Waals surface area contributed by atoms with E-state index in [2.05, 4.69) is 25.1 Å². The number of rotatable bonds is 3. The molecule has 3 nitrogen and oxygen atoms in total. The van der Waals surface area contributed by atoms with Gasteiger partial charge in [0.1, 0.15) is 0 Å². The highest BCUT2D eigenvalue weighted by molar-refractivity contribution is 5.21. The van der Waals surface area contributed by atoms with Crippen LogP contribution in [0.25, 0.3) is 0 Å². The fraction of sp³-hybridized carbons (Fsp3) is 0.700. The van der Waals surface area contributed by atoms with Crippen molar-refractivity contribution < 1.29 is 0 Å². The van der Waals surface area contributed by atoms with Gasteiger partial charge in [0.05, 0.1) is 5.69 Å². The molecule has 0 radical (unpaired) electrons. The maximum atomic E-state index is 5.75. The largest absolute Gasteiger partial charge is 0.328 e. The molecule has 13 heavy (non-hydrogen) atoms. The molecular weight excluding hydrogens is 162 g/mol. The van der Waals surface area contributed by atoms with Crippen molar-refractivity contribution in [1.82, 2.24) is 9.78 Å². The van der Waals surface area contributed by atoms with Crippen molar-refractivity contribution in [3.05, 3.63) is 17.5 Å². The van der Waals surface area contributed by atoms with Crippen LogP contribution in [0, 0.1) is 0 Å². The van der Waals surface area contributed by atoms with Gasteiger partial charge in [-0.05, 0) is 18.4 Å². The topological polar surface area (TPSA) is 43.8 Å². The second-order valence-corrected chi connectivity index (χ2v) is 4.04. The Morgan fingerprint density at radius 3 is 2.54 bits per heavy atom. The lowest BCUT2D eigenvalue weighted by molar-refractivity contribution is 0.680. The summed E-state index contributed by atoms with van der Waals surface area (Å²) in [6.07, 6.45) is 2.96. The van der Waals surface area contributed by atoms with Crippen LogP contribution < -0.4 is 5.73 Å². The van der Waals surface area contributed by atoms with Crippen LogP contribution >= 0.6 is 0 Å². The molecule has 1 aromatic heterocycles. The number of nitrogens with zero attached hydrogens (tertiary/aromatic N) is 2. The summed E-state index contributed by atoms with van der Waals surface area (Å²) in [4.78, 5) is 0. The second kappa shape index (κ2) is 3.92. The Morgan fingerprint density at radius 2 is 2.08 bits per heavy atom. The summed E-state index contributed by atoms with van der Waals surface area (Å²) < 4.78 is 1.87. The molecule has 0 aliphatic heterocycles. The molecular formula is C10H19N3. The zero-order valence-electron chi connectivity index (χ0n) is 8.91. The molecule has 1 rings (SSSR count). The van der Waals surface area contributed by atoms with Crippen LogP contribution in [0.5, 0.6) is 0 Å². The first kappa shape index (κ1) is 10.3. The SMILES string of the molecule is CC(N)Cc1nn(C)cc1C(C)C. The van der Waals surface area contributed by atoms with Gasteiger partial charge in [-0.15, -0.1) is 0 Å². The number of hydrogen-bond acceptors (Lipinski definition) is 2. The van der Waals surface area contributed by atoms with Crippen molar-refractivity contribution in [2.75, 3.05) is 0 Å². The van der Waals surface area contributed by atoms with Crippen LogP contribution in [-0.2, 0) is 13.5 Å². The third kappa shape index (κ3) is 2.56. The normalized spacial score (nSPS) is 13.7. The molecule has 74 valence electrons. The van der Waals surface area contributed by atoms with Gasteiger partial charge in [-0.25, -0.2) is 0 Å². The molecule has 0 saturated carbocycles. The van der Waals surface area contributed by atoms with E-state index >= 15 is 0 Å². The van der Waals surface area contributed by atoms with Gasteiger partial charge in [0, 0.05) is 25.7 Å². The highest BCUT2D eigenvalue weighted by Gasteiger charge is 2.11. The maximum Gasteiger partial charge on any atom is 0.0674 e. The molecule has 1 unspecified atom stereocenters. The Balaban J connectivity index is 2.91. The van der Waals surface area contributed by atoms with E-state index in [9.17, 15) is 0 Å². The molecule has 0 amide bonds. The van der Waals surface area contributed by atoms with Crippen LogP contribution in [0.15, 0.2) is 6.20 Å². The summed E-state index contributed by atoms with van der Waals surface area (Å²) in [6, 6.07) is 0.187. The van der Waals surface area contributed by atoms with Crippen molar-refractivity contribution in [2.45, 2.75) is 39.2 Å². The van der Waals surface area contributed by atoms with E-state index in [1.54, 1.807) is 0 Å². The molecule has 1 heterocycles. The van der Waals surface area contributed by atoms with Gasteiger partial charge in [-0.3, -0.25) is 4.68 Å². The minimum Gasteiger partial charge on any atom is -0.328 e. The number of aryl methyl sites for hydroxylation is 1. The quantitative estimate of drug-likeness (QED) is 0.766. The van der Waals surface area contributed by atoms with Crippen LogP contribution in [0.1, 0.15) is 37.9 Å². The Labute approximate surface area is 79.9 Å². The Hall–Kier alpha value is -0.830. The zero-order chi connectivity index (χ0) is 10.0. The summed E-state index contributed by atoms with van der Waals surface area (Å²) in [5.41, 5.74) is 8.22. The molecule has 0 aliphatic rings. The van der Waals surface area contributed by atoms with E-state index in [0.717, 1.165) is 12.1 Å². The van der Waals surface area contributed by atoms with Gasteiger partial charge in [-0.1, -0.05) is 13.8 Å². The maximum absolute atomic E-state index is 5.75. The Kier molecular flexibility index (Phi) is 3.09. The average molecular weight is 181 g/mol. The standard InChI is InChI=1S/C10H19N3/c1-7(2)9-6-13(4)12-10(9)5-8(3)11/h6-8H,5,11H2,1-4H3. The van der Waals surface area contributed by atoms with E-state index in [-0.39, 0.29) is 6.04 Å². The summed E-state index contributed by atoms with van der Waals surface area (Å²) in [5, 5.41) is 4.41. The first-order chi connectivity index (χ1) is 6.00. The van der Waals surface area contributed by atoms with Crippen LogP contribution in [0.2, 0.25) is 0 Å². The van der Waals surface area contributed by atoms with E-state index in [4.69, 9.17) is 5.73 Å². The molecule has 0 bridgehead atoms. The molecule has 1 aromatic rings. The predicted octanol–water partition coefficient (Wildman–Crippen LogP) is 1.43. The molecule has 0 aliphatic carbocycles. The number of hydrogen-bond donors (Lipinski definition) is 1. The molecule has 0 aromatic carbocycles. The van der Waals surface area contributed by atoms with Gasteiger partial charge in [0.25, 0.3) is 0 Å². The Bertz CT molecular complexity index is 274. The van der Waals surface area contributed by atoms with E-state index in [0.29, 0.717) is 5.92 Å². The fourth-order valence-electron chi connectivity index (χ4n) is 1.50. The minimum absolute atomic E-state index is 0.187. The van der Waals surface area contributed by atoms with Crippen molar-refractivity contribution in [1.29, 1.82) is 0 Å². The highest BCUT2D eigenvalue weighted by atomic mass is 15.3. The second-order valence-electron chi connectivity index (χ2n) is 4.04. The number of aromatic nitrogens is 2. The lowest BCUT2D eigenvalue weighted by Crippen LogP contribution is -2.19. The molecule has 0 fully saturated rings. The summed E-state index contributed by atoms with van der Waals surface area (Å²) in [7, 11) is 1.95. The summed E-state index contributed by atoms with van der Waals surface area (Å²) >= 11 is 0. The first-order valence-corrected chi connectivity index (χ1v) is 4.78. The first-order valence-electron chi connectivity index (χ1n) is 4.78.